The van der Waals surface area contributed by atoms with E-state index in [0.717, 1.165) is 9.87 Å². The number of rotatable bonds is 8. The summed E-state index contributed by atoms with van der Waals surface area (Å²) in [7, 11) is -0.759. The van der Waals surface area contributed by atoms with Gasteiger partial charge < -0.3 is 10.1 Å². The van der Waals surface area contributed by atoms with Gasteiger partial charge in [-0.15, -0.1) is 0 Å². The summed E-state index contributed by atoms with van der Waals surface area (Å²) in [5.41, 5.74) is 1.32. The summed E-state index contributed by atoms with van der Waals surface area (Å²) in [6.45, 7) is 3.39. The van der Waals surface area contributed by atoms with Crippen LogP contribution in [0.2, 0.25) is 0 Å². The Bertz CT molecular complexity index is 958. The number of sulfonamides is 1. The number of ether oxygens (including phenoxy) is 1. The van der Waals surface area contributed by atoms with Gasteiger partial charge in [-0.2, -0.15) is 0 Å². The van der Waals surface area contributed by atoms with E-state index in [0.29, 0.717) is 5.69 Å². The third-order valence-electron chi connectivity index (χ3n) is 4.40. The van der Waals surface area contributed by atoms with Crippen molar-refractivity contribution >= 4 is 27.6 Å². The van der Waals surface area contributed by atoms with Crippen LogP contribution in [-0.2, 0) is 24.3 Å². The van der Waals surface area contributed by atoms with Crippen molar-refractivity contribution in [3.8, 4) is 0 Å². The molecule has 0 saturated carbocycles. The second-order valence-corrected chi connectivity index (χ2v) is 9.10. The second-order valence-electron chi connectivity index (χ2n) is 6.95. The van der Waals surface area contributed by atoms with Crippen molar-refractivity contribution in [1.29, 1.82) is 0 Å². The normalized spacial score (nSPS) is 13.6. The van der Waals surface area contributed by atoms with Gasteiger partial charge in [0.25, 0.3) is 5.91 Å². The van der Waals surface area contributed by atoms with Crippen LogP contribution < -0.4 is 5.32 Å². The van der Waals surface area contributed by atoms with Gasteiger partial charge in [-0.25, -0.2) is 12.7 Å². The van der Waals surface area contributed by atoms with Gasteiger partial charge in [0.15, 0.2) is 6.10 Å². The van der Waals surface area contributed by atoms with Gasteiger partial charge in [0, 0.05) is 19.8 Å². The first-order valence-electron chi connectivity index (χ1n) is 9.19. The Morgan fingerprint density at radius 1 is 1.03 bits per heavy atom. The van der Waals surface area contributed by atoms with Crippen molar-refractivity contribution in [2.45, 2.75) is 37.2 Å². The molecule has 8 heteroatoms. The average molecular weight is 419 g/mol. The van der Waals surface area contributed by atoms with E-state index < -0.39 is 28.0 Å². The highest BCUT2D eigenvalue weighted by molar-refractivity contribution is 7.89. The fraction of sp³-hybridized carbons (Fsp3) is 0.333. The molecule has 2 atom stereocenters. The van der Waals surface area contributed by atoms with Crippen molar-refractivity contribution < 1.29 is 22.7 Å². The van der Waals surface area contributed by atoms with E-state index in [9.17, 15) is 18.0 Å². The molecule has 2 aromatic carbocycles. The Morgan fingerprint density at radius 3 is 2.31 bits per heavy atom. The van der Waals surface area contributed by atoms with E-state index in [1.807, 2.05) is 37.3 Å². The number of benzene rings is 2. The maximum Gasteiger partial charge on any atom is 0.307 e. The molecule has 0 aliphatic carbocycles. The van der Waals surface area contributed by atoms with Crippen LogP contribution in [0.1, 0.15) is 31.7 Å². The fourth-order valence-corrected chi connectivity index (χ4v) is 3.59. The number of anilines is 1. The largest absolute Gasteiger partial charge is 0.453 e. The second kappa shape index (κ2) is 9.67. The highest BCUT2D eigenvalue weighted by atomic mass is 32.2. The molecule has 0 fully saturated rings. The topological polar surface area (TPSA) is 92.8 Å². The molecule has 0 saturated heterocycles. The smallest absolute Gasteiger partial charge is 0.307 e. The molecule has 2 aromatic rings. The van der Waals surface area contributed by atoms with Gasteiger partial charge in [-0.1, -0.05) is 43.3 Å². The van der Waals surface area contributed by atoms with Crippen LogP contribution in [0.15, 0.2) is 59.5 Å². The minimum atomic E-state index is -3.62. The lowest BCUT2D eigenvalue weighted by Gasteiger charge is -2.16. The number of nitrogens with one attached hydrogen (secondary N) is 1. The van der Waals surface area contributed by atoms with Gasteiger partial charge in [0.1, 0.15) is 0 Å². The van der Waals surface area contributed by atoms with E-state index in [-0.39, 0.29) is 17.2 Å². The average Bonchev–Trinajstić information content (AvgIpc) is 2.68. The summed E-state index contributed by atoms with van der Waals surface area (Å²) >= 11 is 0. The number of amides is 1. The molecule has 7 nitrogen and oxygen atoms in total. The third-order valence-corrected chi connectivity index (χ3v) is 6.21. The predicted molar refractivity (Wildman–Crippen MR) is 111 cm³/mol. The maximum absolute atomic E-state index is 12.4. The quantitative estimate of drug-likeness (QED) is 0.665. The summed E-state index contributed by atoms with van der Waals surface area (Å²) in [4.78, 5) is 24.6. The van der Waals surface area contributed by atoms with E-state index in [4.69, 9.17) is 4.74 Å². The molecule has 0 aliphatic rings. The Balaban J connectivity index is 1.96. The first-order chi connectivity index (χ1) is 13.6. The molecule has 156 valence electrons. The van der Waals surface area contributed by atoms with Crippen LogP contribution in [0.25, 0.3) is 0 Å². The van der Waals surface area contributed by atoms with E-state index in [1.54, 1.807) is 6.07 Å². The predicted octanol–water partition coefficient (Wildman–Crippen LogP) is 3.00. The molecular weight excluding hydrogens is 392 g/mol. The highest BCUT2D eigenvalue weighted by Crippen LogP contribution is 2.20. The zero-order valence-corrected chi connectivity index (χ0v) is 17.8. The van der Waals surface area contributed by atoms with Crippen LogP contribution in [0.3, 0.4) is 0 Å². The monoisotopic (exact) mass is 418 g/mol. The Morgan fingerprint density at radius 2 is 1.69 bits per heavy atom. The number of hydrogen-bond donors (Lipinski definition) is 1. The number of nitrogens with zero attached hydrogens (tertiary/aromatic N) is 1. The van der Waals surface area contributed by atoms with Gasteiger partial charge >= 0.3 is 5.97 Å². The first-order valence-corrected chi connectivity index (χ1v) is 10.6. The summed E-state index contributed by atoms with van der Waals surface area (Å²) in [5.74, 6) is -1.05. The van der Waals surface area contributed by atoms with Gasteiger partial charge in [0.2, 0.25) is 10.0 Å². The van der Waals surface area contributed by atoms with Crippen LogP contribution in [-0.4, -0.2) is 44.8 Å². The van der Waals surface area contributed by atoms with Crippen LogP contribution >= 0.6 is 0 Å². The Hall–Kier alpha value is -2.71. The third kappa shape index (κ3) is 6.13. The molecule has 0 heterocycles. The van der Waals surface area contributed by atoms with Gasteiger partial charge in [-0.05, 0) is 36.6 Å². The molecule has 0 aliphatic heterocycles. The Kier molecular flexibility index (Phi) is 7.53. The molecule has 0 spiro atoms. The number of carbonyl (C=O) groups is 2. The maximum atomic E-state index is 12.4. The standard InChI is InChI=1S/C21H26N2O5S/c1-15(17-9-6-5-7-10-17)13-20(24)28-16(2)21(25)22-18-11-8-12-19(14-18)29(26,27)23(3)4/h5-12,14-16H,13H2,1-4H3,(H,22,25)/t15-,16-/m1/s1. The molecule has 1 N–H and O–H groups in total. The molecular formula is C21H26N2O5S. The van der Waals surface area contributed by atoms with Gasteiger partial charge in [-0.3, -0.25) is 9.59 Å². The summed E-state index contributed by atoms with van der Waals surface area (Å²) in [6.07, 6.45) is -0.863. The molecule has 0 unspecified atom stereocenters. The van der Waals surface area contributed by atoms with E-state index >= 15 is 0 Å². The highest BCUT2D eigenvalue weighted by Gasteiger charge is 2.21. The summed E-state index contributed by atoms with van der Waals surface area (Å²) < 4.78 is 30.7. The number of esters is 1. The Labute approximate surface area is 171 Å². The number of carbonyl (C=O) groups excluding carboxylic acids is 2. The fourth-order valence-electron chi connectivity index (χ4n) is 2.64. The molecule has 1 amide bonds. The van der Waals surface area contributed by atoms with Crippen LogP contribution in [0.4, 0.5) is 5.69 Å². The molecule has 0 radical (unpaired) electrons. The molecule has 0 aromatic heterocycles. The lowest BCUT2D eigenvalue weighted by atomic mass is 9.98. The van der Waals surface area contributed by atoms with Crippen molar-refractivity contribution in [2.24, 2.45) is 0 Å². The van der Waals surface area contributed by atoms with Crippen molar-refractivity contribution in [2.75, 3.05) is 19.4 Å². The SMILES string of the molecule is C[C@H](CC(=O)O[C@H](C)C(=O)Nc1cccc(S(=O)(=O)N(C)C)c1)c1ccccc1. The zero-order chi connectivity index (χ0) is 21.6. The van der Waals surface area contributed by atoms with E-state index in [1.165, 1.54) is 39.2 Å². The lowest BCUT2D eigenvalue weighted by Crippen LogP contribution is -2.30. The van der Waals surface area contributed by atoms with E-state index in [2.05, 4.69) is 5.32 Å². The van der Waals surface area contributed by atoms with Crippen molar-refractivity contribution in [1.82, 2.24) is 4.31 Å². The van der Waals surface area contributed by atoms with Crippen molar-refractivity contribution in [3.63, 3.8) is 0 Å². The van der Waals surface area contributed by atoms with Crippen molar-refractivity contribution in [3.05, 3.63) is 60.2 Å². The molecule has 2 rings (SSSR count). The van der Waals surface area contributed by atoms with Crippen LogP contribution in [0.5, 0.6) is 0 Å². The van der Waals surface area contributed by atoms with Crippen LogP contribution in [0, 0.1) is 0 Å². The molecule has 0 bridgehead atoms. The van der Waals surface area contributed by atoms with Gasteiger partial charge in [0.05, 0.1) is 11.3 Å². The lowest BCUT2D eigenvalue weighted by molar-refractivity contribution is -0.153. The zero-order valence-electron chi connectivity index (χ0n) is 17.0. The number of hydrogen-bond acceptors (Lipinski definition) is 5. The first kappa shape index (κ1) is 22.6. The minimum Gasteiger partial charge on any atom is -0.453 e. The molecule has 29 heavy (non-hydrogen) atoms. The minimum absolute atomic E-state index is 0.0353. The summed E-state index contributed by atoms with van der Waals surface area (Å²) in [5, 5.41) is 2.58. The summed E-state index contributed by atoms with van der Waals surface area (Å²) in [6, 6.07) is 15.5.